The number of benzene rings is 1. The summed E-state index contributed by atoms with van der Waals surface area (Å²) in [5.41, 5.74) is 0. The largest absolute Gasteiger partial charge is 0.486 e. The highest BCUT2D eigenvalue weighted by Gasteiger charge is 2.06. The number of aromatic nitrogens is 3. The first kappa shape index (κ1) is 16.6. The van der Waals surface area contributed by atoms with Crippen LogP contribution in [-0.4, -0.2) is 27.3 Å². The van der Waals surface area contributed by atoms with Crippen LogP contribution in [0.25, 0.3) is 0 Å². The monoisotopic (exact) mass is 362 g/mol. The molecule has 8 heteroatoms. The van der Waals surface area contributed by atoms with Crippen molar-refractivity contribution < 1.29 is 9.15 Å². The van der Waals surface area contributed by atoms with E-state index >= 15 is 0 Å². The van der Waals surface area contributed by atoms with Crippen LogP contribution in [0.5, 0.6) is 5.75 Å². The van der Waals surface area contributed by atoms with Gasteiger partial charge in [0.05, 0.1) is 6.21 Å². The number of rotatable bonds is 6. The molecule has 2 heterocycles. The lowest BCUT2D eigenvalue weighted by molar-refractivity contribution is 0.270. The minimum absolute atomic E-state index is 0.315. The molecule has 0 atom stereocenters. The number of aryl methyl sites for hydroxylation is 1. The average Bonchev–Trinajstić information content (AvgIpc) is 3.17. The maximum Gasteiger partial charge on any atom is 0.211 e. The normalized spacial score (nSPS) is 11.3. The summed E-state index contributed by atoms with van der Waals surface area (Å²) in [6, 6.07) is 10.9. The van der Waals surface area contributed by atoms with Gasteiger partial charge in [0.2, 0.25) is 5.16 Å². The van der Waals surface area contributed by atoms with Gasteiger partial charge >= 0.3 is 0 Å². The van der Waals surface area contributed by atoms with Gasteiger partial charge in [-0.3, -0.25) is 0 Å². The molecule has 0 amide bonds. The summed E-state index contributed by atoms with van der Waals surface area (Å²) < 4.78 is 13.0. The number of thioether (sulfide) groups is 1. The first-order chi connectivity index (χ1) is 11.7. The molecule has 0 aliphatic carbocycles. The maximum atomic E-state index is 5.92. The van der Waals surface area contributed by atoms with E-state index in [1.165, 1.54) is 11.8 Å². The number of furan rings is 1. The predicted molar refractivity (Wildman–Crippen MR) is 94.0 cm³/mol. The van der Waals surface area contributed by atoms with Crippen LogP contribution in [0.15, 0.2) is 51.1 Å². The van der Waals surface area contributed by atoms with Crippen molar-refractivity contribution in [2.45, 2.75) is 18.7 Å². The molecule has 124 valence electrons. The van der Waals surface area contributed by atoms with E-state index in [2.05, 4.69) is 15.3 Å². The maximum absolute atomic E-state index is 5.92. The fraction of sp³-hybridized carbons (Fsp3) is 0.188. The lowest BCUT2D eigenvalue weighted by Crippen LogP contribution is -1.95. The first-order valence-corrected chi connectivity index (χ1v) is 8.73. The Morgan fingerprint density at radius 3 is 3.00 bits per heavy atom. The summed E-state index contributed by atoms with van der Waals surface area (Å²) >= 11 is 7.40. The minimum Gasteiger partial charge on any atom is -0.486 e. The molecule has 0 aliphatic heterocycles. The Labute approximate surface area is 148 Å². The van der Waals surface area contributed by atoms with Crippen molar-refractivity contribution in [1.82, 2.24) is 14.9 Å². The summed E-state index contributed by atoms with van der Waals surface area (Å²) in [6.45, 7) is 2.16. The van der Waals surface area contributed by atoms with Crippen molar-refractivity contribution in [2.24, 2.45) is 5.10 Å². The van der Waals surface area contributed by atoms with Gasteiger partial charge in [-0.05, 0) is 43.5 Å². The van der Waals surface area contributed by atoms with E-state index in [0.29, 0.717) is 34.7 Å². The smallest absolute Gasteiger partial charge is 0.211 e. The van der Waals surface area contributed by atoms with Gasteiger partial charge in [0.25, 0.3) is 0 Å². The van der Waals surface area contributed by atoms with E-state index in [4.69, 9.17) is 20.8 Å². The number of ether oxygens (including phenoxy) is 1. The van der Waals surface area contributed by atoms with Gasteiger partial charge in [-0.25, -0.2) is 0 Å². The van der Waals surface area contributed by atoms with Crippen LogP contribution in [0.3, 0.4) is 0 Å². The van der Waals surface area contributed by atoms with Crippen LogP contribution in [0, 0.1) is 6.92 Å². The molecule has 0 N–H and O–H groups in total. The van der Waals surface area contributed by atoms with E-state index in [0.717, 1.165) is 5.16 Å². The van der Waals surface area contributed by atoms with Crippen LogP contribution in [-0.2, 0) is 6.61 Å². The van der Waals surface area contributed by atoms with Crippen molar-refractivity contribution >= 4 is 29.6 Å². The summed E-state index contributed by atoms with van der Waals surface area (Å²) in [7, 11) is 0. The fourth-order valence-corrected chi connectivity index (χ4v) is 2.62. The highest BCUT2D eigenvalue weighted by molar-refractivity contribution is 7.98. The summed E-state index contributed by atoms with van der Waals surface area (Å²) in [5, 5.41) is 13.7. The van der Waals surface area contributed by atoms with Crippen LogP contribution >= 0.6 is 23.4 Å². The van der Waals surface area contributed by atoms with E-state index in [-0.39, 0.29) is 0 Å². The predicted octanol–water partition coefficient (Wildman–Crippen LogP) is 4.02. The second-order valence-corrected chi connectivity index (χ2v) is 6.05. The van der Waals surface area contributed by atoms with Crippen molar-refractivity contribution in [3.8, 4) is 5.75 Å². The molecule has 6 nitrogen and oxygen atoms in total. The zero-order valence-electron chi connectivity index (χ0n) is 13.1. The summed E-state index contributed by atoms with van der Waals surface area (Å²) in [5.74, 6) is 2.73. The molecular formula is C16H15ClN4O2S. The fourth-order valence-electron chi connectivity index (χ4n) is 1.97. The summed E-state index contributed by atoms with van der Waals surface area (Å²) in [6.07, 6.45) is 3.55. The number of nitrogens with zero attached hydrogens (tertiary/aromatic N) is 4. The van der Waals surface area contributed by atoms with Crippen molar-refractivity contribution in [2.75, 3.05) is 6.26 Å². The molecule has 0 unspecified atom stereocenters. The van der Waals surface area contributed by atoms with Crippen LogP contribution in [0.4, 0.5) is 0 Å². The van der Waals surface area contributed by atoms with Crippen LogP contribution in [0.2, 0.25) is 5.02 Å². The molecule has 3 rings (SSSR count). The van der Waals surface area contributed by atoms with Gasteiger partial charge in [0.15, 0.2) is 5.82 Å². The van der Waals surface area contributed by atoms with Gasteiger partial charge < -0.3 is 9.15 Å². The highest BCUT2D eigenvalue weighted by Crippen LogP contribution is 2.19. The first-order valence-electron chi connectivity index (χ1n) is 7.13. The zero-order chi connectivity index (χ0) is 16.9. The lowest BCUT2D eigenvalue weighted by atomic mass is 10.3. The molecule has 24 heavy (non-hydrogen) atoms. The molecular weight excluding hydrogens is 348 g/mol. The second kappa shape index (κ2) is 7.55. The van der Waals surface area contributed by atoms with Crippen LogP contribution in [0.1, 0.15) is 17.3 Å². The highest BCUT2D eigenvalue weighted by atomic mass is 35.5. The molecule has 0 aliphatic rings. The third-order valence-electron chi connectivity index (χ3n) is 3.11. The quantitative estimate of drug-likeness (QED) is 0.489. The topological polar surface area (TPSA) is 65.4 Å². The Bertz CT molecular complexity index is 859. The van der Waals surface area contributed by atoms with Gasteiger partial charge in [0, 0.05) is 5.02 Å². The Kier molecular flexibility index (Phi) is 5.22. The van der Waals surface area contributed by atoms with Gasteiger partial charge in [-0.15, -0.1) is 10.2 Å². The minimum atomic E-state index is 0.315. The number of halogens is 1. The van der Waals surface area contributed by atoms with Crippen LogP contribution < -0.4 is 4.74 Å². The molecule has 2 aromatic heterocycles. The molecule has 0 radical (unpaired) electrons. The standard InChI is InChI=1S/C16H15ClN4O2S/c1-11-19-20-16(24-2)21(11)18-9-14-6-7-15(23-14)10-22-13-5-3-4-12(17)8-13/h3-9H,10H2,1-2H3/b18-9-. The average molecular weight is 363 g/mol. The molecule has 0 saturated heterocycles. The molecule has 0 saturated carbocycles. The van der Waals surface area contributed by atoms with Crippen molar-refractivity contribution in [1.29, 1.82) is 0 Å². The molecule has 0 fully saturated rings. The Morgan fingerprint density at radius 2 is 2.21 bits per heavy atom. The third kappa shape index (κ3) is 3.98. The summed E-state index contributed by atoms with van der Waals surface area (Å²) in [4.78, 5) is 0. The van der Waals surface area contributed by atoms with Gasteiger partial charge in [0.1, 0.15) is 23.9 Å². The molecule has 1 aromatic carbocycles. The van der Waals surface area contributed by atoms with Gasteiger partial charge in [-0.2, -0.15) is 9.78 Å². The second-order valence-electron chi connectivity index (χ2n) is 4.84. The molecule has 0 bridgehead atoms. The van der Waals surface area contributed by atoms with Crippen molar-refractivity contribution in [3.05, 3.63) is 58.8 Å². The zero-order valence-corrected chi connectivity index (χ0v) is 14.7. The number of hydrogen-bond donors (Lipinski definition) is 0. The van der Waals surface area contributed by atoms with E-state index in [1.807, 2.05) is 37.4 Å². The van der Waals surface area contributed by atoms with E-state index < -0.39 is 0 Å². The SMILES string of the molecule is CSc1nnc(C)n1/N=C\c1ccc(COc2cccc(Cl)c2)o1. The number of hydrogen-bond acceptors (Lipinski definition) is 6. The molecule has 0 spiro atoms. The van der Waals surface area contributed by atoms with E-state index in [1.54, 1.807) is 23.0 Å². The van der Waals surface area contributed by atoms with Gasteiger partial charge in [-0.1, -0.05) is 29.4 Å². The van der Waals surface area contributed by atoms with Crippen molar-refractivity contribution in [3.63, 3.8) is 0 Å². The Balaban J connectivity index is 1.65. The Hall–Kier alpha value is -2.25. The van der Waals surface area contributed by atoms with E-state index in [9.17, 15) is 0 Å². The Morgan fingerprint density at radius 1 is 1.33 bits per heavy atom. The lowest BCUT2D eigenvalue weighted by Gasteiger charge is -2.03. The third-order valence-corrected chi connectivity index (χ3v) is 3.97. The molecule has 3 aromatic rings.